The number of rotatable bonds is 2. The number of nitrogens with zero attached hydrogens (tertiary/aromatic N) is 4. The van der Waals surface area contributed by atoms with Gasteiger partial charge < -0.3 is 11.1 Å². The first-order chi connectivity index (χ1) is 11.3. The number of pyridine rings is 1. The summed E-state index contributed by atoms with van der Waals surface area (Å²) in [6.45, 7) is 2.05. The molecule has 0 amide bonds. The Bertz CT molecular complexity index is 719. The van der Waals surface area contributed by atoms with E-state index in [0.717, 1.165) is 42.2 Å². The van der Waals surface area contributed by atoms with Crippen LogP contribution in [0.4, 0.5) is 5.82 Å². The molecule has 0 radical (unpaired) electrons. The number of aromatic nitrogens is 3. The molecule has 2 aromatic heterocycles. The molecule has 2 aliphatic heterocycles. The van der Waals surface area contributed by atoms with E-state index in [2.05, 4.69) is 31.3 Å². The quantitative estimate of drug-likeness (QED) is 0.789. The zero-order chi connectivity index (χ0) is 15.8. The Balaban J connectivity index is 1.78. The van der Waals surface area contributed by atoms with Crippen LogP contribution in [0.2, 0.25) is 0 Å². The number of fused-ring (bicyclic) bond motifs is 1. The highest BCUT2D eigenvalue weighted by atomic mass is 79.9. The minimum Gasteiger partial charge on any atom is -0.316 e. The average Bonchev–Trinajstić information content (AvgIpc) is 3.03. The summed E-state index contributed by atoms with van der Waals surface area (Å²) in [6, 6.07) is 3.94. The summed E-state index contributed by atoms with van der Waals surface area (Å²) in [5.41, 5.74) is 9.54. The van der Waals surface area contributed by atoms with E-state index in [1.54, 1.807) is 6.20 Å². The molecule has 4 heterocycles. The van der Waals surface area contributed by atoms with Gasteiger partial charge >= 0.3 is 0 Å². The van der Waals surface area contributed by atoms with Crippen LogP contribution in [0.15, 0.2) is 35.7 Å². The molecule has 1 fully saturated rings. The van der Waals surface area contributed by atoms with E-state index in [-0.39, 0.29) is 11.0 Å². The van der Waals surface area contributed by atoms with Crippen LogP contribution in [0.25, 0.3) is 11.1 Å². The number of hydrogen-bond donors (Lipinski definition) is 2. The maximum atomic E-state index is 6.42. The summed E-state index contributed by atoms with van der Waals surface area (Å²) in [6.07, 6.45) is 7.51. The van der Waals surface area contributed by atoms with E-state index in [1.807, 2.05) is 29.2 Å². The summed E-state index contributed by atoms with van der Waals surface area (Å²) >= 11 is 3.73. The minimum absolute atomic E-state index is 0.0153. The van der Waals surface area contributed by atoms with E-state index in [9.17, 15) is 0 Å². The van der Waals surface area contributed by atoms with Gasteiger partial charge in [0.15, 0.2) is 5.82 Å². The molecule has 6 nitrogen and oxygen atoms in total. The maximum Gasteiger partial charge on any atom is 0.160 e. The van der Waals surface area contributed by atoms with E-state index in [1.165, 1.54) is 6.42 Å². The van der Waals surface area contributed by atoms with Gasteiger partial charge in [-0.3, -0.25) is 4.98 Å². The topological polar surface area (TPSA) is 81.1 Å². The van der Waals surface area contributed by atoms with Crippen molar-refractivity contribution in [2.75, 3.05) is 13.1 Å². The molecule has 0 bridgehead atoms. The molecule has 0 saturated carbocycles. The Morgan fingerprint density at radius 2 is 2.26 bits per heavy atom. The van der Waals surface area contributed by atoms with Gasteiger partial charge in [-0.05, 0) is 25.5 Å². The van der Waals surface area contributed by atoms with Crippen molar-refractivity contribution < 1.29 is 0 Å². The van der Waals surface area contributed by atoms with Crippen molar-refractivity contribution in [3.8, 4) is 11.1 Å². The average molecular weight is 375 g/mol. The third-order valence-corrected chi connectivity index (χ3v) is 5.57. The first-order valence-corrected chi connectivity index (χ1v) is 8.84. The van der Waals surface area contributed by atoms with Crippen molar-refractivity contribution in [1.82, 2.24) is 20.1 Å². The fourth-order valence-electron chi connectivity index (χ4n) is 3.31. The van der Waals surface area contributed by atoms with Gasteiger partial charge in [0.1, 0.15) is 6.17 Å². The van der Waals surface area contributed by atoms with Gasteiger partial charge in [-0.25, -0.2) is 9.67 Å². The van der Waals surface area contributed by atoms with Gasteiger partial charge in [-0.2, -0.15) is 5.10 Å². The Morgan fingerprint density at radius 3 is 3.00 bits per heavy atom. The molecule has 0 aliphatic carbocycles. The highest BCUT2D eigenvalue weighted by molar-refractivity contribution is 9.10. The SMILES string of the molecule is NC1[C@@H](Br)C(C2CCCNC2)=Nc2c(-c3cccnc3)cnn21. The molecule has 120 valence electrons. The van der Waals surface area contributed by atoms with Crippen LogP contribution in [0.5, 0.6) is 0 Å². The third kappa shape index (κ3) is 2.62. The van der Waals surface area contributed by atoms with Crippen LogP contribution in [0, 0.1) is 5.92 Å². The largest absolute Gasteiger partial charge is 0.316 e. The van der Waals surface area contributed by atoms with E-state index >= 15 is 0 Å². The van der Waals surface area contributed by atoms with E-state index in [4.69, 9.17) is 10.7 Å². The standard InChI is InChI=1S/C16H19BrN6/c17-13-14(11-4-2-6-20-8-11)22-16-12(9-21-23(16)15(13)18)10-3-1-5-19-7-10/h1,3,5,7,9,11,13,15,20H,2,4,6,8,18H2/t11?,13-,15?/m0/s1. The number of alkyl halides is 1. The molecule has 3 N–H and O–H groups in total. The van der Waals surface area contributed by atoms with Crippen LogP contribution in [-0.4, -0.2) is 38.4 Å². The number of nitrogens with one attached hydrogen (secondary N) is 1. The smallest absolute Gasteiger partial charge is 0.160 e. The van der Waals surface area contributed by atoms with Crippen LogP contribution in [0.3, 0.4) is 0 Å². The summed E-state index contributed by atoms with van der Waals surface area (Å²) in [7, 11) is 0. The predicted octanol–water partition coefficient (Wildman–Crippen LogP) is 2.25. The molecule has 4 rings (SSSR count). The molecule has 1 saturated heterocycles. The second kappa shape index (κ2) is 6.14. The molecule has 7 heteroatoms. The van der Waals surface area contributed by atoms with Crippen molar-refractivity contribution in [3.05, 3.63) is 30.7 Å². The first-order valence-electron chi connectivity index (χ1n) is 7.92. The highest BCUT2D eigenvalue weighted by Crippen LogP contribution is 2.38. The van der Waals surface area contributed by atoms with Crippen molar-refractivity contribution in [1.29, 1.82) is 0 Å². The van der Waals surface area contributed by atoms with Crippen LogP contribution in [0.1, 0.15) is 19.0 Å². The molecule has 2 aromatic rings. The van der Waals surface area contributed by atoms with Crippen molar-refractivity contribution in [2.24, 2.45) is 16.6 Å². The molecule has 3 atom stereocenters. The number of aliphatic imine (C=N–C) groups is 1. The number of piperidine rings is 1. The summed E-state index contributed by atoms with van der Waals surface area (Å²) < 4.78 is 1.81. The van der Waals surface area contributed by atoms with Crippen LogP contribution >= 0.6 is 15.9 Å². The lowest BCUT2D eigenvalue weighted by Gasteiger charge is -2.32. The minimum atomic E-state index is -0.246. The third-order valence-electron chi connectivity index (χ3n) is 4.56. The van der Waals surface area contributed by atoms with Gasteiger partial charge in [-0.15, -0.1) is 0 Å². The molecule has 0 aromatic carbocycles. The molecule has 0 spiro atoms. The van der Waals surface area contributed by atoms with E-state index < -0.39 is 0 Å². The summed E-state index contributed by atoms with van der Waals surface area (Å²) in [5, 5.41) is 7.91. The molecule has 23 heavy (non-hydrogen) atoms. The van der Waals surface area contributed by atoms with Crippen LogP contribution < -0.4 is 11.1 Å². The predicted molar refractivity (Wildman–Crippen MR) is 94.1 cm³/mol. The Labute approximate surface area is 143 Å². The Kier molecular flexibility index (Phi) is 4.00. The zero-order valence-corrected chi connectivity index (χ0v) is 14.3. The summed E-state index contributed by atoms with van der Waals surface area (Å²) in [4.78, 5) is 9.17. The normalized spacial score (nSPS) is 27.4. The number of nitrogens with two attached hydrogens (primary N) is 1. The van der Waals surface area contributed by atoms with Gasteiger partial charge in [0.05, 0.1) is 11.0 Å². The lowest BCUT2D eigenvalue weighted by atomic mass is 9.91. The maximum absolute atomic E-state index is 6.42. The molecular weight excluding hydrogens is 356 g/mol. The monoisotopic (exact) mass is 374 g/mol. The number of halogens is 1. The first kappa shape index (κ1) is 15.0. The zero-order valence-electron chi connectivity index (χ0n) is 12.7. The Hall–Kier alpha value is -1.57. The number of hydrogen-bond acceptors (Lipinski definition) is 5. The van der Waals surface area contributed by atoms with Crippen molar-refractivity contribution >= 4 is 27.5 Å². The molecule has 2 aliphatic rings. The van der Waals surface area contributed by atoms with Gasteiger partial charge in [0.2, 0.25) is 0 Å². The van der Waals surface area contributed by atoms with Gasteiger partial charge in [0.25, 0.3) is 0 Å². The summed E-state index contributed by atoms with van der Waals surface area (Å²) in [5.74, 6) is 1.26. The van der Waals surface area contributed by atoms with Crippen molar-refractivity contribution in [3.63, 3.8) is 0 Å². The van der Waals surface area contributed by atoms with Crippen molar-refractivity contribution in [2.45, 2.75) is 23.8 Å². The van der Waals surface area contributed by atoms with Gasteiger partial charge in [-0.1, -0.05) is 22.0 Å². The Morgan fingerprint density at radius 1 is 1.35 bits per heavy atom. The van der Waals surface area contributed by atoms with E-state index in [0.29, 0.717) is 5.92 Å². The lowest BCUT2D eigenvalue weighted by molar-refractivity contribution is 0.432. The second-order valence-corrected chi connectivity index (χ2v) is 7.03. The molecular formula is C16H19BrN6. The second-order valence-electron chi connectivity index (χ2n) is 6.04. The van der Waals surface area contributed by atoms with Gasteiger partial charge in [0, 0.05) is 41.7 Å². The van der Waals surface area contributed by atoms with Crippen LogP contribution in [-0.2, 0) is 0 Å². The molecule has 2 unspecified atom stereocenters. The highest BCUT2D eigenvalue weighted by Gasteiger charge is 2.35. The fraction of sp³-hybridized carbons (Fsp3) is 0.438. The lowest BCUT2D eigenvalue weighted by Crippen LogP contribution is -2.44. The fourth-order valence-corrected chi connectivity index (χ4v) is 4.01.